The minimum Gasteiger partial charge on any atom is -0.480 e. The number of alkyl carbamates (subject to hydrolysis) is 1. The lowest BCUT2D eigenvalue weighted by Gasteiger charge is -2.22. The van der Waals surface area contributed by atoms with Gasteiger partial charge in [0, 0.05) is 19.0 Å². The van der Waals surface area contributed by atoms with E-state index in [1.165, 1.54) is 16.0 Å². The Bertz CT molecular complexity index is 961. The predicted molar refractivity (Wildman–Crippen MR) is 128 cm³/mol. The molecule has 2 aromatic carbocycles. The lowest BCUT2D eigenvalue weighted by molar-refractivity contribution is -0.145. The van der Waals surface area contributed by atoms with Crippen LogP contribution in [0.15, 0.2) is 48.5 Å². The van der Waals surface area contributed by atoms with Gasteiger partial charge in [-0.1, -0.05) is 62.4 Å². The first-order chi connectivity index (χ1) is 16.4. The van der Waals surface area contributed by atoms with Crippen LogP contribution in [0.4, 0.5) is 4.79 Å². The number of carbonyl (C=O) groups excluding carboxylic acids is 2. The van der Waals surface area contributed by atoms with E-state index in [0.717, 1.165) is 11.1 Å². The van der Waals surface area contributed by atoms with Crippen molar-refractivity contribution in [2.75, 3.05) is 39.5 Å². The fraction of sp³-hybridized carbons (Fsp3) is 0.423. The standard InChI is InChI=1S/C26H32N2O6/c1-18(2)15-28(16-25(30)31)24(29)11-13-33-14-12-27-26(32)34-17-23-21-9-5-3-7-19(21)20-8-4-6-10-22(20)23/h3-10,18,23H,11-17H2,1-2H3,(H,27,32)(H,30,31). The van der Waals surface area contributed by atoms with Crippen LogP contribution in [0.2, 0.25) is 0 Å². The Kier molecular flexibility index (Phi) is 9.04. The van der Waals surface area contributed by atoms with Gasteiger partial charge in [0.05, 0.1) is 19.6 Å². The zero-order valence-corrected chi connectivity index (χ0v) is 19.7. The monoisotopic (exact) mass is 468 g/mol. The maximum atomic E-state index is 12.2. The number of carboxylic acids is 1. The van der Waals surface area contributed by atoms with E-state index >= 15 is 0 Å². The summed E-state index contributed by atoms with van der Waals surface area (Å²) in [5.74, 6) is -1.13. The molecule has 182 valence electrons. The van der Waals surface area contributed by atoms with E-state index in [0.29, 0.717) is 6.54 Å². The van der Waals surface area contributed by atoms with Gasteiger partial charge < -0.3 is 24.8 Å². The average molecular weight is 469 g/mol. The van der Waals surface area contributed by atoms with Crippen molar-refractivity contribution >= 4 is 18.0 Å². The summed E-state index contributed by atoms with van der Waals surface area (Å²) in [5.41, 5.74) is 4.65. The summed E-state index contributed by atoms with van der Waals surface area (Å²) in [6, 6.07) is 16.3. The van der Waals surface area contributed by atoms with E-state index in [2.05, 4.69) is 29.6 Å². The summed E-state index contributed by atoms with van der Waals surface area (Å²) in [4.78, 5) is 36.7. The molecule has 0 heterocycles. The number of nitrogens with zero attached hydrogens (tertiary/aromatic N) is 1. The third kappa shape index (κ3) is 6.81. The molecule has 0 radical (unpaired) electrons. The van der Waals surface area contributed by atoms with Gasteiger partial charge >= 0.3 is 12.1 Å². The highest BCUT2D eigenvalue weighted by Crippen LogP contribution is 2.44. The van der Waals surface area contributed by atoms with Crippen molar-refractivity contribution < 1.29 is 29.0 Å². The summed E-state index contributed by atoms with van der Waals surface area (Å²) >= 11 is 0. The van der Waals surface area contributed by atoms with Crippen molar-refractivity contribution in [2.45, 2.75) is 26.2 Å². The number of ether oxygens (including phenoxy) is 2. The van der Waals surface area contributed by atoms with Gasteiger partial charge in [0.2, 0.25) is 5.91 Å². The van der Waals surface area contributed by atoms with Crippen molar-refractivity contribution in [3.8, 4) is 11.1 Å². The summed E-state index contributed by atoms with van der Waals surface area (Å²) in [7, 11) is 0. The molecule has 0 aliphatic heterocycles. The summed E-state index contributed by atoms with van der Waals surface area (Å²) in [6.07, 6.45) is -0.434. The predicted octanol–water partition coefficient (Wildman–Crippen LogP) is 3.50. The van der Waals surface area contributed by atoms with Crippen LogP contribution in [0.5, 0.6) is 0 Å². The number of aliphatic carboxylic acids is 1. The van der Waals surface area contributed by atoms with Crippen LogP contribution in [-0.2, 0) is 19.1 Å². The van der Waals surface area contributed by atoms with E-state index in [-0.39, 0.29) is 57.1 Å². The maximum absolute atomic E-state index is 12.2. The van der Waals surface area contributed by atoms with Crippen molar-refractivity contribution in [3.05, 3.63) is 59.7 Å². The Morgan fingerprint density at radius 3 is 2.21 bits per heavy atom. The maximum Gasteiger partial charge on any atom is 0.407 e. The minimum atomic E-state index is -1.04. The summed E-state index contributed by atoms with van der Waals surface area (Å²) in [5, 5.41) is 11.6. The molecule has 1 aliphatic carbocycles. The van der Waals surface area contributed by atoms with E-state index in [9.17, 15) is 14.4 Å². The molecule has 1 aliphatic rings. The van der Waals surface area contributed by atoms with Gasteiger partial charge in [-0.2, -0.15) is 0 Å². The molecule has 0 saturated heterocycles. The second-order valence-electron chi connectivity index (χ2n) is 8.68. The van der Waals surface area contributed by atoms with Crippen LogP contribution < -0.4 is 5.32 Å². The Morgan fingerprint density at radius 2 is 1.62 bits per heavy atom. The molecular weight excluding hydrogens is 436 g/mol. The van der Waals surface area contributed by atoms with Crippen LogP contribution in [-0.4, -0.2) is 67.4 Å². The van der Waals surface area contributed by atoms with Crippen LogP contribution in [0.25, 0.3) is 11.1 Å². The van der Waals surface area contributed by atoms with E-state index in [1.807, 2.05) is 38.1 Å². The molecule has 0 fully saturated rings. The third-order valence-electron chi connectivity index (χ3n) is 5.58. The van der Waals surface area contributed by atoms with Crippen LogP contribution >= 0.6 is 0 Å². The highest BCUT2D eigenvalue weighted by Gasteiger charge is 2.28. The Labute approximate surface area is 199 Å². The molecule has 2 aromatic rings. The van der Waals surface area contributed by atoms with E-state index in [1.54, 1.807) is 0 Å². The normalized spacial score (nSPS) is 12.2. The fourth-order valence-corrected chi connectivity index (χ4v) is 4.15. The Morgan fingerprint density at radius 1 is 1.00 bits per heavy atom. The van der Waals surface area contributed by atoms with E-state index in [4.69, 9.17) is 14.6 Å². The Balaban J connectivity index is 1.36. The molecule has 2 amide bonds. The zero-order chi connectivity index (χ0) is 24.5. The number of benzene rings is 2. The quantitative estimate of drug-likeness (QED) is 0.462. The van der Waals surface area contributed by atoms with Crippen molar-refractivity contribution in [1.82, 2.24) is 10.2 Å². The van der Waals surface area contributed by atoms with Crippen LogP contribution in [0.1, 0.15) is 37.3 Å². The molecule has 8 nitrogen and oxygen atoms in total. The second kappa shape index (κ2) is 12.2. The molecule has 3 rings (SSSR count). The SMILES string of the molecule is CC(C)CN(CC(=O)O)C(=O)CCOCCNC(=O)OCC1c2ccccc2-c2ccccc21. The lowest BCUT2D eigenvalue weighted by atomic mass is 9.98. The van der Waals surface area contributed by atoms with Crippen molar-refractivity contribution in [1.29, 1.82) is 0 Å². The van der Waals surface area contributed by atoms with E-state index < -0.39 is 12.1 Å². The van der Waals surface area contributed by atoms with Gasteiger partial charge in [-0.05, 0) is 28.2 Å². The molecule has 34 heavy (non-hydrogen) atoms. The Hall–Kier alpha value is -3.39. The molecule has 0 aromatic heterocycles. The van der Waals surface area contributed by atoms with Crippen LogP contribution in [0, 0.1) is 5.92 Å². The smallest absolute Gasteiger partial charge is 0.407 e. The number of carboxylic acid groups (broad SMARTS) is 1. The van der Waals surface area contributed by atoms with Crippen molar-refractivity contribution in [2.24, 2.45) is 5.92 Å². The molecule has 0 spiro atoms. The third-order valence-corrected chi connectivity index (χ3v) is 5.58. The van der Waals surface area contributed by atoms with Gasteiger partial charge in [-0.25, -0.2) is 4.79 Å². The molecular formula is C26H32N2O6. The number of hydrogen-bond acceptors (Lipinski definition) is 5. The van der Waals surface area contributed by atoms with Crippen molar-refractivity contribution in [3.63, 3.8) is 0 Å². The van der Waals surface area contributed by atoms with Gasteiger partial charge in [0.25, 0.3) is 0 Å². The topological polar surface area (TPSA) is 105 Å². The number of hydrogen-bond donors (Lipinski definition) is 2. The summed E-state index contributed by atoms with van der Waals surface area (Å²) in [6.45, 7) is 4.77. The largest absolute Gasteiger partial charge is 0.480 e. The number of carbonyl (C=O) groups is 3. The van der Waals surface area contributed by atoms with Gasteiger partial charge in [-0.15, -0.1) is 0 Å². The molecule has 2 N–H and O–H groups in total. The highest BCUT2D eigenvalue weighted by molar-refractivity contribution is 5.81. The summed E-state index contributed by atoms with van der Waals surface area (Å²) < 4.78 is 10.9. The van der Waals surface area contributed by atoms with Gasteiger partial charge in [-0.3, -0.25) is 9.59 Å². The van der Waals surface area contributed by atoms with Gasteiger partial charge in [0.15, 0.2) is 0 Å². The number of nitrogens with one attached hydrogen (secondary N) is 1. The number of rotatable bonds is 12. The molecule has 0 atom stereocenters. The van der Waals surface area contributed by atoms with Gasteiger partial charge in [0.1, 0.15) is 13.2 Å². The lowest BCUT2D eigenvalue weighted by Crippen LogP contribution is -2.38. The highest BCUT2D eigenvalue weighted by atomic mass is 16.5. The molecule has 0 unspecified atom stereocenters. The van der Waals surface area contributed by atoms with Crippen LogP contribution in [0.3, 0.4) is 0 Å². The molecule has 8 heteroatoms. The first-order valence-corrected chi connectivity index (χ1v) is 11.5. The first-order valence-electron chi connectivity index (χ1n) is 11.5. The number of amides is 2. The first kappa shape index (κ1) is 25.2. The fourth-order valence-electron chi connectivity index (χ4n) is 4.15. The minimum absolute atomic E-state index is 0.000000287. The molecule has 0 saturated carbocycles. The average Bonchev–Trinajstić information content (AvgIpc) is 3.12. The zero-order valence-electron chi connectivity index (χ0n) is 19.7. The molecule has 0 bridgehead atoms. The second-order valence-corrected chi connectivity index (χ2v) is 8.68. The number of fused-ring (bicyclic) bond motifs is 3.